The maximum Gasteiger partial charge on any atom is 0.260 e. The molecular formula is C13H21N3O3S. The van der Waals surface area contributed by atoms with Crippen LogP contribution in [-0.2, 0) is 21.3 Å². The molecule has 1 N–H and O–H groups in total. The third-order valence-electron chi connectivity index (χ3n) is 3.52. The molecule has 0 saturated carbocycles. The Balaban J connectivity index is 2.10. The van der Waals surface area contributed by atoms with Crippen LogP contribution in [0, 0.1) is 0 Å². The number of aromatic nitrogens is 1. The molecule has 0 radical (unpaired) electrons. The molecule has 1 aliphatic heterocycles. The van der Waals surface area contributed by atoms with Crippen LogP contribution in [0.2, 0.25) is 0 Å². The summed E-state index contributed by atoms with van der Waals surface area (Å²) in [5, 5.41) is 3.12. The van der Waals surface area contributed by atoms with Crippen LogP contribution in [0.25, 0.3) is 0 Å². The predicted octanol–water partition coefficient (Wildman–Crippen LogP) is 0.600. The third-order valence-corrected chi connectivity index (χ3v) is 5.33. The molecule has 1 saturated heterocycles. The van der Waals surface area contributed by atoms with Gasteiger partial charge in [-0.2, -0.15) is 4.31 Å². The van der Waals surface area contributed by atoms with E-state index < -0.39 is 10.0 Å². The van der Waals surface area contributed by atoms with Gasteiger partial charge in [-0.1, -0.05) is 6.07 Å². The first kappa shape index (κ1) is 15.4. The lowest BCUT2D eigenvalue weighted by Crippen LogP contribution is -2.40. The molecule has 1 aromatic heterocycles. The second kappa shape index (κ2) is 6.62. The van der Waals surface area contributed by atoms with Crippen molar-refractivity contribution in [2.75, 3.05) is 27.2 Å². The molecule has 1 fully saturated rings. The summed E-state index contributed by atoms with van der Waals surface area (Å²) in [5.41, 5.74) is 0.963. The van der Waals surface area contributed by atoms with Crippen LogP contribution in [0.4, 0.5) is 0 Å². The summed E-state index contributed by atoms with van der Waals surface area (Å²) in [6, 6.07) is 3.36. The average molecular weight is 299 g/mol. The Hall–Kier alpha value is -1.02. The third kappa shape index (κ3) is 3.35. The van der Waals surface area contributed by atoms with Gasteiger partial charge in [-0.05, 0) is 31.5 Å². The lowest BCUT2D eigenvalue weighted by Gasteiger charge is -2.30. The largest absolute Gasteiger partial charge is 0.381 e. The minimum Gasteiger partial charge on any atom is -0.381 e. The Kier molecular flexibility index (Phi) is 5.09. The highest BCUT2D eigenvalue weighted by Gasteiger charge is 2.30. The summed E-state index contributed by atoms with van der Waals surface area (Å²) in [6.07, 6.45) is 3.22. The van der Waals surface area contributed by atoms with Gasteiger partial charge in [0.05, 0.1) is 6.10 Å². The van der Waals surface area contributed by atoms with Crippen molar-refractivity contribution < 1.29 is 13.2 Å². The van der Waals surface area contributed by atoms with Crippen LogP contribution >= 0.6 is 0 Å². The van der Waals surface area contributed by atoms with Crippen molar-refractivity contribution in [2.45, 2.75) is 30.5 Å². The van der Waals surface area contributed by atoms with E-state index in [2.05, 4.69) is 10.3 Å². The molecule has 2 heterocycles. The second-order valence-electron chi connectivity index (χ2n) is 4.87. The van der Waals surface area contributed by atoms with E-state index in [0.29, 0.717) is 19.6 Å². The van der Waals surface area contributed by atoms with Crippen LogP contribution in [0.1, 0.15) is 18.4 Å². The van der Waals surface area contributed by atoms with Crippen molar-refractivity contribution in [2.24, 2.45) is 0 Å². The van der Waals surface area contributed by atoms with Crippen molar-refractivity contribution in [1.82, 2.24) is 14.6 Å². The number of rotatable bonds is 5. The minimum absolute atomic E-state index is 0.119. The average Bonchev–Trinajstić information content (AvgIpc) is 2.48. The molecule has 112 valence electrons. The Labute approximate surface area is 120 Å². The van der Waals surface area contributed by atoms with Crippen LogP contribution in [0.3, 0.4) is 0 Å². The smallest absolute Gasteiger partial charge is 0.260 e. The molecule has 0 unspecified atom stereocenters. The fraction of sp³-hybridized carbons (Fsp3) is 0.615. The lowest BCUT2D eigenvalue weighted by molar-refractivity contribution is 0.0604. The van der Waals surface area contributed by atoms with Crippen molar-refractivity contribution in [3.05, 3.63) is 23.9 Å². The van der Waals surface area contributed by atoms with Gasteiger partial charge in [0, 0.05) is 32.9 Å². The summed E-state index contributed by atoms with van der Waals surface area (Å²) >= 11 is 0. The van der Waals surface area contributed by atoms with Crippen LogP contribution < -0.4 is 5.32 Å². The number of methoxy groups -OCH3 is 1. The van der Waals surface area contributed by atoms with Crippen LogP contribution in [0.5, 0.6) is 0 Å². The zero-order valence-corrected chi connectivity index (χ0v) is 12.7. The topological polar surface area (TPSA) is 71.5 Å². The van der Waals surface area contributed by atoms with Crippen LogP contribution in [-0.4, -0.2) is 51.1 Å². The zero-order chi connectivity index (χ0) is 14.6. The van der Waals surface area contributed by atoms with E-state index in [0.717, 1.165) is 18.4 Å². The molecule has 2 rings (SSSR count). The fourth-order valence-electron chi connectivity index (χ4n) is 2.31. The molecule has 0 aliphatic carbocycles. The van der Waals surface area contributed by atoms with E-state index in [1.807, 2.05) is 7.05 Å². The Morgan fingerprint density at radius 1 is 1.40 bits per heavy atom. The molecule has 0 spiro atoms. The number of hydrogen-bond donors (Lipinski definition) is 1. The molecule has 6 nitrogen and oxygen atoms in total. The van der Waals surface area contributed by atoms with Crippen molar-refractivity contribution in [3.63, 3.8) is 0 Å². The molecular weight excluding hydrogens is 278 g/mol. The van der Waals surface area contributed by atoms with Gasteiger partial charge in [0.1, 0.15) is 0 Å². The number of hydrogen-bond acceptors (Lipinski definition) is 5. The van der Waals surface area contributed by atoms with Gasteiger partial charge in [-0.15, -0.1) is 0 Å². The first-order chi connectivity index (χ1) is 9.57. The van der Waals surface area contributed by atoms with Gasteiger partial charge in [0.25, 0.3) is 10.0 Å². The lowest BCUT2D eigenvalue weighted by atomic mass is 10.1. The maximum absolute atomic E-state index is 12.5. The summed E-state index contributed by atoms with van der Waals surface area (Å²) < 4.78 is 31.7. The van der Waals surface area contributed by atoms with Crippen LogP contribution in [0.15, 0.2) is 23.4 Å². The van der Waals surface area contributed by atoms with E-state index in [4.69, 9.17) is 4.74 Å². The maximum atomic E-state index is 12.5. The first-order valence-corrected chi connectivity index (χ1v) is 8.14. The number of nitrogens with one attached hydrogen (secondary N) is 1. The van der Waals surface area contributed by atoms with E-state index >= 15 is 0 Å². The quantitative estimate of drug-likeness (QED) is 0.862. The zero-order valence-electron chi connectivity index (χ0n) is 11.9. The number of sulfonamides is 1. The molecule has 0 aromatic carbocycles. The molecule has 0 atom stereocenters. The fourth-order valence-corrected chi connectivity index (χ4v) is 3.69. The Bertz CT molecular complexity index is 522. The van der Waals surface area contributed by atoms with Gasteiger partial charge in [-0.3, -0.25) is 0 Å². The summed E-state index contributed by atoms with van der Waals surface area (Å²) in [5.74, 6) is 0. The highest BCUT2D eigenvalue weighted by molar-refractivity contribution is 7.89. The SMILES string of the molecule is CNCc1ccc(S(=O)(=O)N2CCC(OC)CC2)nc1. The minimum atomic E-state index is -3.48. The monoisotopic (exact) mass is 299 g/mol. The number of nitrogens with zero attached hydrogens (tertiary/aromatic N) is 2. The second-order valence-corrected chi connectivity index (χ2v) is 6.76. The highest BCUT2D eigenvalue weighted by atomic mass is 32.2. The Morgan fingerprint density at radius 2 is 2.10 bits per heavy atom. The Morgan fingerprint density at radius 3 is 2.60 bits per heavy atom. The standard InChI is InChI=1S/C13H21N3O3S/c1-14-9-11-3-4-13(15-10-11)20(17,18)16-7-5-12(19-2)6-8-16/h3-4,10,12,14H,5-9H2,1-2H3. The molecule has 7 heteroatoms. The van der Waals surface area contributed by atoms with E-state index in [1.54, 1.807) is 25.4 Å². The molecule has 20 heavy (non-hydrogen) atoms. The number of ether oxygens (including phenoxy) is 1. The first-order valence-electron chi connectivity index (χ1n) is 6.70. The van der Waals surface area contributed by atoms with Crippen molar-refractivity contribution >= 4 is 10.0 Å². The molecule has 0 bridgehead atoms. The predicted molar refractivity (Wildman–Crippen MR) is 75.8 cm³/mol. The molecule has 1 aliphatic rings. The number of piperidine rings is 1. The summed E-state index contributed by atoms with van der Waals surface area (Å²) in [4.78, 5) is 4.08. The number of pyridine rings is 1. The van der Waals surface area contributed by atoms with Gasteiger partial charge in [-0.25, -0.2) is 13.4 Å². The normalized spacial score (nSPS) is 18.3. The van der Waals surface area contributed by atoms with Crippen molar-refractivity contribution in [3.8, 4) is 0 Å². The van der Waals surface area contributed by atoms with Gasteiger partial charge >= 0.3 is 0 Å². The van der Waals surface area contributed by atoms with Crippen molar-refractivity contribution in [1.29, 1.82) is 0 Å². The molecule has 1 aromatic rings. The van der Waals surface area contributed by atoms with E-state index in [9.17, 15) is 8.42 Å². The summed E-state index contributed by atoms with van der Waals surface area (Å²) in [7, 11) is 0.0223. The van der Waals surface area contributed by atoms with Gasteiger partial charge in [0.15, 0.2) is 5.03 Å². The molecule has 0 amide bonds. The van der Waals surface area contributed by atoms with E-state index in [1.165, 1.54) is 4.31 Å². The summed E-state index contributed by atoms with van der Waals surface area (Å²) in [6.45, 7) is 1.65. The highest BCUT2D eigenvalue weighted by Crippen LogP contribution is 2.20. The van der Waals surface area contributed by atoms with E-state index in [-0.39, 0.29) is 11.1 Å². The van der Waals surface area contributed by atoms with Gasteiger partial charge in [0.2, 0.25) is 0 Å². The van der Waals surface area contributed by atoms with Gasteiger partial charge < -0.3 is 10.1 Å².